The monoisotopic (exact) mass is 284 g/mol. The number of ether oxygens (including phenoxy) is 1. The highest BCUT2D eigenvalue weighted by Crippen LogP contribution is 2.23. The van der Waals surface area contributed by atoms with Crippen LogP contribution in [0.1, 0.15) is 33.2 Å². The lowest BCUT2D eigenvalue weighted by Crippen LogP contribution is -2.07. The van der Waals surface area contributed by atoms with E-state index in [1.807, 2.05) is 31.2 Å². The Morgan fingerprint density at radius 2 is 1.62 bits per heavy atom. The van der Waals surface area contributed by atoms with Crippen molar-refractivity contribution in [2.75, 3.05) is 6.61 Å². The summed E-state index contributed by atoms with van der Waals surface area (Å²) in [6.45, 7) is 3.93. The predicted molar refractivity (Wildman–Crippen MR) is 79.5 cm³/mol. The van der Waals surface area contributed by atoms with Gasteiger partial charge in [0.25, 0.3) is 0 Å². The van der Waals surface area contributed by atoms with Crippen LogP contribution in [0.2, 0.25) is 0 Å². The first-order valence-electron chi connectivity index (χ1n) is 6.64. The zero-order chi connectivity index (χ0) is 15.4. The molecule has 0 unspecified atom stereocenters. The number of benzene rings is 2. The SMILES string of the molecule is CCOC(=O)c1cc(C(=O)O)cc(-c2ccc(C)cc2)c1. The van der Waals surface area contributed by atoms with Crippen molar-refractivity contribution in [1.29, 1.82) is 0 Å². The number of carbonyl (C=O) groups is 2. The second-order valence-corrected chi connectivity index (χ2v) is 4.69. The van der Waals surface area contributed by atoms with E-state index in [1.165, 1.54) is 6.07 Å². The van der Waals surface area contributed by atoms with E-state index < -0.39 is 11.9 Å². The number of carbonyl (C=O) groups excluding carboxylic acids is 1. The lowest BCUT2D eigenvalue weighted by atomic mass is 9.99. The molecule has 2 aromatic rings. The van der Waals surface area contributed by atoms with Gasteiger partial charge in [-0.05, 0) is 43.2 Å². The summed E-state index contributed by atoms with van der Waals surface area (Å²) in [4.78, 5) is 23.1. The Labute approximate surface area is 123 Å². The van der Waals surface area contributed by atoms with Crippen LogP contribution in [0.5, 0.6) is 0 Å². The van der Waals surface area contributed by atoms with Crippen molar-refractivity contribution < 1.29 is 19.4 Å². The third kappa shape index (κ3) is 3.48. The number of hydrogen-bond acceptors (Lipinski definition) is 3. The van der Waals surface area contributed by atoms with Gasteiger partial charge < -0.3 is 9.84 Å². The largest absolute Gasteiger partial charge is 0.478 e. The van der Waals surface area contributed by atoms with Crippen LogP contribution in [0.15, 0.2) is 42.5 Å². The van der Waals surface area contributed by atoms with E-state index in [0.717, 1.165) is 11.1 Å². The molecule has 0 bridgehead atoms. The van der Waals surface area contributed by atoms with Crippen molar-refractivity contribution >= 4 is 11.9 Å². The van der Waals surface area contributed by atoms with Crippen LogP contribution in [-0.2, 0) is 4.74 Å². The number of rotatable bonds is 4. The Kier molecular flexibility index (Phi) is 4.38. The van der Waals surface area contributed by atoms with Crippen molar-refractivity contribution in [3.8, 4) is 11.1 Å². The smallest absolute Gasteiger partial charge is 0.338 e. The van der Waals surface area contributed by atoms with Crippen LogP contribution in [-0.4, -0.2) is 23.7 Å². The van der Waals surface area contributed by atoms with Crippen LogP contribution >= 0.6 is 0 Å². The molecular formula is C17H16O4. The van der Waals surface area contributed by atoms with Crippen molar-refractivity contribution in [3.05, 3.63) is 59.2 Å². The average molecular weight is 284 g/mol. The first-order valence-corrected chi connectivity index (χ1v) is 6.64. The fourth-order valence-corrected chi connectivity index (χ4v) is 2.00. The summed E-state index contributed by atoms with van der Waals surface area (Å²) < 4.78 is 4.94. The van der Waals surface area contributed by atoms with Gasteiger partial charge in [0.05, 0.1) is 17.7 Å². The molecule has 4 nitrogen and oxygen atoms in total. The number of carboxylic acids is 1. The molecule has 0 fully saturated rings. The van der Waals surface area contributed by atoms with E-state index in [2.05, 4.69) is 0 Å². The fraction of sp³-hybridized carbons (Fsp3) is 0.176. The molecule has 2 aromatic carbocycles. The number of carboxylic acid groups (broad SMARTS) is 1. The van der Waals surface area contributed by atoms with Gasteiger partial charge in [0, 0.05) is 0 Å². The highest BCUT2D eigenvalue weighted by atomic mass is 16.5. The molecule has 0 radical (unpaired) electrons. The Morgan fingerprint density at radius 3 is 2.19 bits per heavy atom. The fourth-order valence-electron chi connectivity index (χ4n) is 2.00. The summed E-state index contributed by atoms with van der Waals surface area (Å²) in [5, 5.41) is 9.18. The lowest BCUT2D eigenvalue weighted by molar-refractivity contribution is 0.0526. The standard InChI is InChI=1S/C17H16O4/c1-3-21-17(20)15-9-13(8-14(10-15)16(18)19)12-6-4-11(2)5-7-12/h4-10H,3H2,1-2H3,(H,18,19). The first-order chi connectivity index (χ1) is 10.0. The maximum absolute atomic E-state index is 11.8. The molecule has 0 aliphatic heterocycles. The second kappa shape index (κ2) is 6.22. The number of hydrogen-bond donors (Lipinski definition) is 1. The highest BCUT2D eigenvalue weighted by Gasteiger charge is 2.13. The van der Waals surface area contributed by atoms with Crippen molar-refractivity contribution in [3.63, 3.8) is 0 Å². The lowest BCUT2D eigenvalue weighted by Gasteiger charge is -2.08. The number of aromatic carboxylic acids is 1. The number of aryl methyl sites for hydroxylation is 1. The summed E-state index contributed by atoms with van der Waals surface area (Å²) in [6, 6.07) is 12.2. The minimum atomic E-state index is -1.07. The van der Waals surface area contributed by atoms with Gasteiger partial charge in [0.1, 0.15) is 0 Å². The van der Waals surface area contributed by atoms with Gasteiger partial charge in [0.15, 0.2) is 0 Å². The summed E-state index contributed by atoms with van der Waals surface area (Å²) in [5.41, 5.74) is 2.95. The molecule has 0 spiro atoms. The van der Waals surface area contributed by atoms with E-state index in [0.29, 0.717) is 5.56 Å². The average Bonchev–Trinajstić information content (AvgIpc) is 2.47. The summed E-state index contributed by atoms with van der Waals surface area (Å²) >= 11 is 0. The van der Waals surface area contributed by atoms with Gasteiger partial charge in [-0.2, -0.15) is 0 Å². The Morgan fingerprint density at radius 1 is 1.00 bits per heavy atom. The van der Waals surface area contributed by atoms with E-state index in [1.54, 1.807) is 19.1 Å². The third-order valence-electron chi connectivity index (χ3n) is 3.08. The quantitative estimate of drug-likeness (QED) is 0.872. The predicted octanol–water partition coefficient (Wildman–Crippen LogP) is 3.54. The zero-order valence-electron chi connectivity index (χ0n) is 11.9. The molecular weight excluding hydrogens is 268 g/mol. The third-order valence-corrected chi connectivity index (χ3v) is 3.08. The molecule has 4 heteroatoms. The minimum absolute atomic E-state index is 0.0659. The van der Waals surface area contributed by atoms with Crippen molar-refractivity contribution in [2.45, 2.75) is 13.8 Å². The summed E-state index contributed by atoms with van der Waals surface area (Å²) in [7, 11) is 0. The molecule has 0 saturated carbocycles. The van der Waals surface area contributed by atoms with Crippen LogP contribution in [0.25, 0.3) is 11.1 Å². The van der Waals surface area contributed by atoms with Crippen molar-refractivity contribution in [2.24, 2.45) is 0 Å². The normalized spacial score (nSPS) is 10.2. The second-order valence-electron chi connectivity index (χ2n) is 4.69. The van der Waals surface area contributed by atoms with Crippen LogP contribution < -0.4 is 0 Å². The van der Waals surface area contributed by atoms with Gasteiger partial charge in [-0.15, -0.1) is 0 Å². The molecule has 0 heterocycles. The zero-order valence-corrected chi connectivity index (χ0v) is 11.9. The van der Waals surface area contributed by atoms with Gasteiger partial charge in [-0.3, -0.25) is 0 Å². The van der Waals surface area contributed by atoms with Crippen molar-refractivity contribution in [1.82, 2.24) is 0 Å². The first kappa shape index (κ1) is 14.8. The minimum Gasteiger partial charge on any atom is -0.478 e. The molecule has 21 heavy (non-hydrogen) atoms. The highest BCUT2D eigenvalue weighted by molar-refractivity contribution is 5.96. The molecule has 0 aliphatic rings. The Balaban J connectivity index is 2.52. The Hall–Kier alpha value is -2.62. The van der Waals surface area contributed by atoms with E-state index in [9.17, 15) is 14.7 Å². The summed E-state index contributed by atoms with van der Waals surface area (Å²) in [5.74, 6) is -1.59. The molecule has 1 N–H and O–H groups in total. The van der Waals surface area contributed by atoms with Gasteiger partial charge in [-0.1, -0.05) is 29.8 Å². The molecule has 0 aliphatic carbocycles. The van der Waals surface area contributed by atoms with Crippen LogP contribution in [0, 0.1) is 6.92 Å². The van der Waals surface area contributed by atoms with E-state index >= 15 is 0 Å². The topological polar surface area (TPSA) is 63.6 Å². The molecule has 0 amide bonds. The van der Waals surface area contributed by atoms with E-state index in [4.69, 9.17) is 4.74 Å². The van der Waals surface area contributed by atoms with Gasteiger partial charge in [0.2, 0.25) is 0 Å². The van der Waals surface area contributed by atoms with E-state index in [-0.39, 0.29) is 17.7 Å². The molecule has 0 atom stereocenters. The van der Waals surface area contributed by atoms with Crippen LogP contribution in [0.3, 0.4) is 0 Å². The molecule has 0 aromatic heterocycles. The van der Waals surface area contributed by atoms with Gasteiger partial charge in [-0.25, -0.2) is 9.59 Å². The van der Waals surface area contributed by atoms with Crippen LogP contribution in [0.4, 0.5) is 0 Å². The molecule has 108 valence electrons. The molecule has 2 rings (SSSR count). The number of esters is 1. The van der Waals surface area contributed by atoms with Gasteiger partial charge >= 0.3 is 11.9 Å². The maximum Gasteiger partial charge on any atom is 0.338 e. The molecule has 0 saturated heterocycles. The Bertz CT molecular complexity index is 672. The summed E-state index contributed by atoms with van der Waals surface area (Å²) in [6.07, 6.45) is 0. The maximum atomic E-state index is 11.8.